The molecule has 1 saturated carbocycles. The fraction of sp³-hybridized carbons (Fsp3) is 0.300. The Balaban J connectivity index is 1.75. The lowest BCUT2D eigenvalue weighted by Gasteiger charge is -2.22. The van der Waals surface area contributed by atoms with Crippen LogP contribution in [0.25, 0.3) is 0 Å². The number of hydrogen-bond acceptors (Lipinski definition) is 2. The fourth-order valence-electron chi connectivity index (χ4n) is 3.21. The predicted molar refractivity (Wildman–Crippen MR) is 104 cm³/mol. The van der Waals surface area contributed by atoms with Crippen molar-refractivity contribution in [2.24, 2.45) is 5.73 Å². The van der Waals surface area contributed by atoms with E-state index in [1.165, 1.54) is 12.1 Å². The molecule has 0 spiro atoms. The molecule has 1 unspecified atom stereocenters. The van der Waals surface area contributed by atoms with E-state index in [1.54, 1.807) is 18.2 Å². The highest BCUT2D eigenvalue weighted by molar-refractivity contribution is 6.35. The molecule has 154 valence electrons. The van der Waals surface area contributed by atoms with Crippen molar-refractivity contribution in [3.8, 4) is 0 Å². The molecule has 29 heavy (non-hydrogen) atoms. The second kappa shape index (κ2) is 7.88. The summed E-state index contributed by atoms with van der Waals surface area (Å²) in [5.41, 5.74) is 4.80. The highest BCUT2D eigenvalue weighted by Crippen LogP contribution is 2.51. The highest BCUT2D eigenvalue weighted by Gasteiger charge is 2.53. The zero-order chi connectivity index (χ0) is 21.4. The number of carbonyl (C=O) groups is 2. The van der Waals surface area contributed by atoms with Gasteiger partial charge in [-0.15, -0.1) is 0 Å². The second-order valence-corrected chi connectivity index (χ2v) is 7.88. The number of nitrogens with one attached hydrogen (secondary N) is 1. The van der Waals surface area contributed by atoms with Crippen LogP contribution in [0.4, 0.5) is 13.2 Å². The van der Waals surface area contributed by atoms with E-state index in [4.69, 9.17) is 28.9 Å². The Labute approximate surface area is 175 Å². The first-order chi connectivity index (χ1) is 13.5. The maximum absolute atomic E-state index is 12.9. The van der Waals surface area contributed by atoms with Gasteiger partial charge < -0.3 is 11.1 Å². The molecule has 3 N–H and O–H groups in total. The van der Waals surface area contributed by atoms with E-state index in [-0.39, 0.29) is 6.42 Å². The van der Waals surface area contributed by atoms with Crippen molar-refractivity contribution in [3.05, 3.63) is 69.2 Å². The van der Waals surface area contributed by atoms with Crippen molar-refractivity contribution in [1.29, 1.82) is 0 Å². The van der Waals surface area contributed by atoms with Crippen LogP contribution in [-0.2, 0) is 27.6 Å². The lowest BCUT2D eigenvalue weighted by molar-refractivity contribution is -0.137. The minimum Gasteiger partial charge on any atom is -0.368 e. The Hall–Kier alpha value is -2.25. The molecule has 2 amide bonds. The van der Waals surface area contributed by atoms with Gasteiger partial charge in [0.25, 0.3) is 0 Å². The Kier molecular flexibility index (Phi) is 5.83. The average molecular weight is 445 g/mol. The summed E-state index contributed by atoms with van der Waals surface area (Å²) < 4.78 is 38.1. The van der Waals surface area contributed by atoms with Gasteiger partial charge in [-0.25, -0.2) is 0 Å². The molecule has 0 heterocycles. The van der Waals surface area contributed by atoms with E-state index in [1.807, 2.05) is 0 Å². The first-order valence-electron chi connectivity index (χ1n) is 8.75. The summed E-state index contributed by atoms with van der Waals surface area (Å²) in [5.74, 6) is -1.19. The summed E-state index contributed by atoms with van der Waals surface area (Å²) in [4.78, 5) is 24.7. The van der Waals surface area contributed by atoms with Crippen LogP contribution in [0.15, 0.2) is 42.5 Å². The lowest BCUT2D eigenvalue weighted by Crippen LogP contribution is -2.49. The fourth-order valence-corrected chi connectivity index (χ4v) is 3.80. The van der Waals surface area contributed by atoms with Gasteiger partial charge in [-0.3, -0.25) is 9.59 Å². The minimum atomic E-state index is -4.45. The van der Waals surface area contributed by atoms with Crippen molar-refractivity contribution in [1.82, 2.24) is 5.32 Å². The molecule has 1 fully saturated rings. The van der Waals surface area contributed by atoms with Gasteiger partial charge in [0.2, 0.25) is 11.8 Å². The van der Waals surface area contributed by atoms with Gasteiger partial charge in [0.1, 0.15) is 6.04 Å². The molecule has 0 saturated heterocycles. The van der Waals surface area contributed by atoms with Crippen molar-refractivity contribution in [2.45, 2.75) is 36.9 Å². The van der Waals surface area contributed by atoms with E-state index >= 15 is 0 Å². The molecule has 2 aromatic rings. The number of primary amides is 1. The largest absolute Gasteiger partial charge is 0.416 e. The topological polar surface area (TPSA) is 72.2 Å². The molecule has 0 aromatic heterocycles. The van der Waals surface area contributed by atoms with E-state index in [0.29, 0.717) is 34.0 Å². The van der Waals surface area contributed by atoms with Crippen molar-refractivity contribution in [3.63, 3.8) is 0 Å². The number of alkyl halides is 3. The van der Waals surface area contributed by atoms with Gasteiger partial charge >= 0.3 is 6.18 Å². The van der Waals surface area contributed by atoms with Crippen LogP contribution >= 0.6 is 23.2 Å². The van der Waals surface area contributed by atoms with Gasteiger partial charge in [-0.2, -0.15) is 13.2 Å². The maximum atomic E-state index is 12.9. The quantitative estimate of drug-likeness (QED) is 0.698. The van der Waals surface area contributed by atoms with Crippen LogP contribution < -0.4 is 11.1 Å². The van der Waals surface area contributed by atoms with Crippen LogP contribution in [0.3, 0.4) is 0 Å². The Morgan fingerprint density at radius 2 is 1.72 bits per heavy atom. The number of halogens is 5. The van der Waals surface area contributed by atoms with Crippen LogP contribution in [0, 0.1) is 0 Å². The van der Waals surface area contributed by atoms with Crippen LogP contribution in [0.2, 0.25) is 10.0 Å². The maximum Gasteiger partial charge on any atom is 0.416 e. The minimum absolute atomic E-state index is 0.0242. The molecule has 0 radical (unpaired) electrons. The molecule has 3 rings (SSSR count). The standard InChI is InChI=1S/C20H17Cl2F3N2O2/c21-13-5-6-14(15(22)10-13)19(7-8-19)18(29)27-16(17(26)28)9-11-1-3-12(4-2-11)20(23,24)25/h1-6,10,16H,7-9H2,(H2,26,28)(H,27,29). The molecule has 4 nitrogen and oxygen atoms in total. The lowest BCUT2D eigenvalue weighted by atomic mass is 9.94. The summed E-state index contributed by atoms with van der Waals surface area (Å²) in [7, 11) is 0. The highest BCUT2D eigenvalue weighted by atomic mass is 35.5. The third-order valence-corrected chi connectivity index (χ3v) is 5.55. The Bertz CT molecular complexity index is 942. The summed E-state index contributed by atoms with van der Waals surface area (Å²) >= 11 is 12.1. The van der Waals surface area contributed by atoms with E-state index in [0.717, 1.165) is 12.1 Å². The number of hydrogen-bond donors (Lipinski definition) is 2. The molecule has 0 bridgehead atoms. The van der Waals surface area contributed by atoms with E-state index < -0.39 is 35.0 Å². The molecule has 1 aliphatic rings. The number of nitrogens with two attached hydrogens (primary N) is 1. The van der Waals surface area contributed by atoms with Crippen molar-refractivity contribution >= 4 is 35.0 Å². The van der Waals surface area contributed by atoms with Gasteiger partial charge in [0.15, 0.2) is 0 Å². The zero-order valence-corrected chi connectivity index (χ0v) is 16.5. The van der Waals surface area contributed by atoms with Gasteiger partial charge in [-0.1, -0.05) is 41.4 Å². The summed E-state index contributed by atoms with van der Waals surface area (Å²) in [5, 5.41) is 3.41. The van der Waals surface area contributed by atoms with Crippen LogP contribution in [0.1, 0.15) is 29.5 Å². The Morgan fingerprint density at radius 1 is 1.10 bits per heavy atom. The molecular formula is C20H17Cl2F3N2O2. The zero-order valence-electron chi connectivity index (χ0n) is 15.0. The molecule has 1 atom stereocenters. The Morgan fingerprint density at radius 3 is 2.21 bits per heavy atom. The molecule has 2 aromatic carbocycles. The van der Waals surface area contributed by atoms with Crippen LogP contribution in [0.5, 0.6) is 0 Å². The SMILES string of the molecule is NC(=O)C(Cc1ccc(C(F)(F)F)cc1)NC(=O)C1(c2ccc(Cl)cc2Cl)CC1. The average Bonchev–Trinajstić information content (AvgIpc) is 3.42. The summed E-state index contributed by atoms with van der Waals surface area (Å²) in [6.45, 7) is 0. The van der Waals surface area contributed by atoms with E-state index in [2.05, 4.69) is 5.32 Å². The normalized spacial score (nSPS) is 16.2. The first kappa shape index (κ1) is 21.5. The third kappa shape index (κ3) is 4.67. The molecule has 0 aliphatic heterocycles. The number of carbonyl (C=O) groups excluding carboxylic acids is 2. The molecular weight excluding hydrogens is 428 g/mol. The number of amides is 2. The summed E-state index contributed by atoms with van der Waals surface area (Å²) in [6, 6.07) is 8.14. The van der Waals surface area contributed by atoms with Crippen molar-refractivity contribution in [2.75, 3.05) is 0 Å². The molecule has 1 aliphatic carbocycles. The monoisotopic (exact) mass is 444 g/mol. The van der Waals surface area contributed by atoms with Gasteiger partial charge in [0, 0.05) is 16.5 Å². The van der Waals surface area contributed by atoms with Gasteiger partial charge in [0.05, 0.1) is 11.0 Å². The second-order valence-electron chi connectivity index (χ2n) is 7.03. The number of rotatable bonds is 6. The third-order valence-electron chi connectivity index (χ3n) is 5.00. The van der Waals surface area contributed by atoms with Gasteiger partial charge in [-0.05, 0) is 48.2 Å². The van der Waals surface area contributed by atoms with E-state index in [9.17, 15) is 22.8 Å². The summed E-state index contributed by atoms with van der Waals surface area (Å²) in [6.07, 6.45) is -3.38. The van der Waals surface area contributed by atoms with Crippen molar-refractivity contribution < 1.29 is 22.8 Å². The van der Waals surface area contributed by atoms with Crippen LogP contribution in [-0.4, -0.2) is 17.9 Å². The number of benzene rings is 2. The first-order valence-corrected chi connectivity index (χ1v) is 9.50. The smallest absolute Gasteiger partial charge is 0.368 e. The molecule has 9 heteroatoms. The predicted octanol–water partition coefficient (Wildman–Crippen LogP) is 4.26.